The monoisotopic (exact) mass is 282 g/mol. The van der Waals surface area contributed by atoms with Gasteiger partial charge >= 0.3 is 0 Å². The van der Waals surface area contributed by atoms with Crippen molar-refractivity contribution < 1.29 is 4.74 Å². The summed E-state index contributed by atoms with van der Waals surface area (Å²) in [6.45, 7) is 7.58. The lowest BCUT2D eigenvalue weighted by Crippen LogP contribution is -2.28. The minimum atomic E-state index is 0.0731. The van der Waals surface area contributed by atoms with Crippen LogP contribution in [-0.2, 0) is 4.74 Å². The maximum Gasteiger partial charge on any atom is 0.0715 e. The summed E-state index contributed by atoms with van der Waals surface area (Å²) in [5.41, 5.74) is 0.0731. The maximum absolute atomic E-state index is 5.83. The van der Waals surface area contributed by atoms with Crippen molar-refractivity contribution in [3.05, 3.63) is 0 Å². The molecule has 0 aliphatic heterocycles. The predicted molar refractivity (Wildman–Crippen MR) is 60.8 cm³/mol. The van der Waals surface area contributed by atoms with Crippen LogP contribution in [0, 0.1) is 11.8 Å². The molecule has 1 nitrogen and oxygen atoms in total. The smallest absolute Gasteiger partial charge is 0.0715 e. The molecule has 1 aliphatic rings. The zero-order chi connectivity index (χ0) is 9.19. The first-order valence-corrected chi connectivity index (χ1v) is 6.27. The zero-order valence-electron chi connectivity index (χ0n) is 8.27. The van der Waals surface area contributed by atoms with Gasteiger partial charge < -0.3 is 4.74 Å². The van der Waals surface area contributed by atoms with Gasteiger partial charge in [-0.1, -0.05) is 29.5 Å². The fourth-order valence-corrected chi connectivity index (χ4v) is 1.42. The molecule has 1 rings (SSSR count). The van der Waals surface area contributed by atoms with Crippen molar-refractivity contribution in [1.29, 1.82) is 0 Å². The summed E-state index contributed by atoms with van der Waals surface area (Å²) < 4.78 is 6.91. The second-order valence-corrected chi connectivity index (χ2v) is 5.28. The molecule has 0 bridgehead atoms. The molecule has 1 atom stereocenters. The van der Waals surface area contributed by atoms with Crippen LogP contribution in [-0.4, -0.2) is 16.6 Å². The number of ether oxygens (including phenoxy) is 1. The Balaban J connectivity index is 2.14. The SMILES string of the molecule is CC(COC(C)(C)CI)C1CC1. The van der Waals surface area contributed by atoms with E-state index in [0.29, 0.717) is 0 Å². The number of alkyl halides is 1. The Morgan fingerprint density at radius 3 is 2.50 bits per heavy atom. The molecular formula is C10H19IO. The quantitative estimate of drug-likeness (QED) is 0.555. The van der Waals surface area contributed by atoms with Gasteiger partial charge in [-0.05, 0) is 38.5 Å². The molecule has 0 aromatic rings. The minimum absolute atomic E-state index is 0.0731. The lowest BCUT2D eigenvalue weighted by molar-refractivity contribution is -0.0172. The summed E-state index contributed by atoms with van der Waals surface area (Å²) in [4.78, 5) is 0. The first kappa shape index (κ1) is 10.8. The average Bonchev–Trinajstić information content (AvgIpc) is 2.83. The normalized spacial score (nSPS) is 21.0. The Morgan fingerprint density at radius 2 is 2.08 bits per heavy atom. The van der Waals surface area contributed by atoms with Gasteiger partial charge in [0.1, 0.15) is 0 Å². The molecule has 72 valence electrons. The van der Waals surface area contributed by atoms with Crippen molar-refractivity contribution in [3.63, 3.8) is 0 Å². The second-order valence-electron chi connectivity index (χ2n) is 4.52. The van der Waals surface area contributed by atoms with Gasteiger partial charge in [0.2, 0.25) is 0 Å². The molecule has 0 spiro atoms. The Hall–Kier alpha value is 0.690. The summed E-state index contributed by atoms with van der Waals surface area (Å²) >= 11 is 2.38. The molecule has 12 heavy (non-hydrogen) atoms. The number of hydrogen-bond donors (Lipinski definition) is 0. The molecule has 2 heteroatoms. The topological polar surface area (TPSA) is 9.23 Å². The van der Waals surface area contributed by atoms with E-state index in [2.05, 4.69) is 43.4 Å². The van der Waals surface area contributed by atoms with Crippen LogP contribution in [0.3, 0.4) is 0 Å². The first-order chi connectivity index (χ1) is 5.55. The van der Waals surface area contributed by atoms with E-state index in [1.54, 1.807) is 0 Å². The standard InChI is InChI=1S/C10H19IO/c1-8(9-4-5-9)6-12-10(2,3)7-11/h8-9H,4-7H2,1-3H3. The number of rotatable bonds is 5. The summed E-state index contributed by atoms with van der Waals surface area (Å²) in [5.74, 6) is 1.74. The largest absolute Gasteiger partial charge is 0.374 e. The van der Waals surface area contributed by atoms with Crippen LogP contribution in [0.25, 0.3) is 0 Å². The molecule has 1 fully saturated rings. The van der Waals surface area contributed by atoms with E-state index in [9.17, 15) is 0 Å². The van der Waals surface area contributed by atoms with Crippen molar-refractivity contribution in [2.75, 3.05) is 11.0 Å². The van der Waals surface area contributed by atoms with Crippen LogP contribution >= 0.6 is 22.6 Å². The van der Waals surface area contributed by atoms with Crippen LogP contribution in [0.5, 0.6) is 0 Å². The molecule has 1 saturated carbocycles. The minimum Gasteiger partial charge on any atom is -0.374 e. The molecule has 0 aromatic heterocycles. The third-order valence-corrected chi connectivity index (χ3v) is 4.32. The van der Waals surface area contributed by atoms with Crippen molar-refractivity contribution >= 4 is 22.6 Å². The van der Waals surface area contributed by atoms with Crippen molar-refractivity contribution in [1.82, 2.24) is 0 Å². The Bertz CT molecular complexity index is 141. The Morgan fingerprint density at radius 1 is 1.50 bits per heavy atom. The Labute approximate surface area is 89.4 Å². The van der Waals surface area contributed by atoms with Gasteiger partial charge in [0, 0.05) is 4.43 Å². The number of hydrogen-bond acceptors (Lipinski definition) is 1. The lowest BCUT2D eigenvalue weighted by atomic mass is 10.1. The van der Waals surface area contributed by atoms with E-state index >= 15 is 0 Å². The molecule has 0 heterocycles. The summed E-state index contributed by atoms with van der Waals surface area (Å²) in [5, 5.41) is 0. The van der Waals surface area contributed by atoms with Gasteiger partial charge in [0.25, 0.3) is 0 Å². The summed E-state index contributed by atoms with van der Waals surface area (Å²) in [6.07, 6.45) is 2.85. The lowest BCUT2D eigenvalue weighted by Gasteiger charge is -2.24. The highest BCUT2D eigenvalue weighted by molar-refractivity contribution is 14.1. The summed E-state index contributed by atoms with van der Waals surface area (Å²) in [7, 11) is 0. The van der Waals surface area contributed by atoms with Crippen LogP contribution < -0.4 is 0 Å². The third-order valence-electron chi connectivity index (χ3n) is 2.49. The first-order valence-electron chi connectivity index (χ1n) is 4.75. The van der Waals surface area contributed by atoms with Crippen LogP contribution in [0.4, 0.5) is 0 Å². The van der Waals surface area contributed by atoms with Gasteiger partial charge in [0.15, 0.2) is 0 Å². The van der Waals surface area contributed by atoms with Gasteiger partial charge in [-0.25, -0.2) is 0 Å². The highest BCUT2D eigenvalue weighted by atomic mass is 127. The highest BCUT2D eigenvalue weighted by Crippen LogP contribution is 2.37. The van der Waals surface area contributed by atoms with E-state index in [1.807, 2.05) is 0 Å². The predicted octanol–water partition coefficient (Wildman–Crippen LogP) is 3.26. The van der Waals surface area contributed by atoms with E-state index in [1.165, 1.54) is 12.8 Å². The van der Waals surface area contributed by atoms with Crippen molar-refractivity contribution in [2.24, 2.45) is 11.8 Å². The van der Waals surface area contributed by atoms with E-state index in [0.717, 1.165) is 22.9 Å². The maximum atomic E-state index is 5.83. The fourth-order valence-electron chi connectivity index (χ4n) is 1.20. The average molecular weight is 282 g/mol. The van der Waals surface area contributed by atoms with Crippen LogP contribution in [0.1, 0.15) is 33.6 Å². The van der Waals surface area contributed by atoms with Crippen LogP contribution in [0.15, 0.2) is 0 Å². The van der Waals surface area contributed by atoms with Crippen LogP contribution in [0.2, 0.25) is 0 Å². The summed E-state index contributed by atoms with van der Waals surface area (Å²) in [6, 6.07) is 0. The van der Waals surface area contributed by atoms with Gasteiger partial charge in [-0.3, -0.25) is 0 Å². The van der Waals surface area contributed by atoms with Gasteiger partial charge in [-0.15, -0.1) is 0 Å². The molecule has 0 amide bonds. The van der Waals surface area contributed by atoms with Crippen molar-refractivity contribution in [2.45, 2.75) is 39.2 Å². The van der Waals surface area contributed by atoms with E-state index in [-0.39, 0.29) is 5.60 Å². The van der Waals surface area contributed by atoms with E-state index in [4.69, 9.17) is 4.74 Å². The fraction of sp³-hybridized carbons (Fsp3) is 1.00. The molecule has 1 aliphatic carbocycles. The molecule has 1 unspecified atom stereocenters. The molecular weight excluding hydrogens is 263 g/mol. The molecule has 0 aromatic carbocycles. The third kappa shape index (κ3) is 3.60. The zero-order valence-corrected chi connectivity index (χ0v) is 10.4. The molecule has 0 saturated heterocycles. The van der Waals surface area contributed by atoms with Gasteiger partial charge in [0.05, 0.1) is 12.2 Å². The van der Waals surface area contributed by atoms with Gasteiger partial charge in [-0.2, -0.15) is 0 Å². The second kappa shape index (κ2) is 4.27. The molecule has 0 N–H and O–H groups in total. The molecule has 0 radical (unpaired) electrons. The Kier molecular flexibility index (Phi) is 3.83. The highest BCUT2D eigenvalue weighted by Gasteiger charge is 2.29. The van der Waals surface area contributed by atoms with E-state index < -0.39 is 0 Å². The number of halogens is 1. The van der Waals surface area contributed by atoms with Crippen molar-refractivity contribution in [3.8, 4) is 0 Å².